The van der Waals surface area contributed by atoms with Gasteiger partial charge in [0.2, 0.25) is 0 Å². The third-order valence-corrected chi connectivity index (χ3v) is 5.35. The highest BCUT2D eigenvalue weighted by Crippen LogP contribution is 2.17. The van der Waals surface area contributed by atoms with Gasteiger partial charge in [0.15, 0.2) is 0 Å². The molecule has 28 heavy (non-hydrogen) atoms. The minimum absolute atomic E-state index is 0.00446. The molecule has 2 aromatic rings. The summed E-state index contributed by atoms with van der Waals surface area (Å²) in [5.41, 5.74) is 1.71. The largest absolute Gasteiger partial charge is 0.372 e. The number of sulfonamides is 1. The Labute approximate surface area is 165 Å². The summed E-state index contributed by atoms with van der Waals surface area (Å²) in [6.07, 6.45) is 1.52. The van der Waals surface area contributed by atoms with E-state index < -0.39 is 10.0 Å². The molecule has 0 aromatic heterocycles. The van der Waals surface area contributed by atoms with E-state index in [9.17, 15) is 13.2 Å². The number of anilines is 1. The highest BCUT2D eigenvalue weighted by atomic mass is 32.2. The lowest BCUT2D eigenvalue weighted by atomic mass is 10.1. The molecule has 0 aliphatic carbocycles. The second-order valence-electron chi connectivity index (χ2n) is 6.91. The summed E-state index contributed by atoms with van der Waals surface area (Å²) in [4.78, 5) is 14.4. The zero-order valence-electron chi connectivity index (χ0n) is 15.9. The van der Waals surface area contributed by atoms with Crippen LogP contribution in [0.5, 0.6) is 0 Å². The summed E-state index contributed by atoms with van der Waals surface area (Å²) in [5, 5.41) is 1.12. The van der Waals surface area contributed by atoms with E-state index in [0.717, 1.165) is 11.0 Å². The number of morpholine rings is 1. The highest BCUT2D eigenvalue weighted by Gasteiger charge is 2.26. The monoisotopic (exact) mass is 400 g/mol. The van der Waals surface area contributed by atoms with Gasteiger partial charge in [-0.25, -0.2) is 8.42 Å². The van der Waals surface area contributed by atoms with Crippen molar-refractivity contribution in [3.05, 3.63) is 71.1 Å². The van der Waals surface area contributed by atoms with Crippen LogP contribution < -0.4 is 4.72 Å². The molecule has 2 unspecified atom stereocenters. The van der Waals surface area contributed by atoms with Gasteiger partial charge in [-0.3, -0.25) is 9.52 Å². The number of ether oxygens (including phenoxy) is 1. The molecular weight excluding hydrogens is 376 g/mol. The van der Waals surface area contributed by atoms with Crippen molar-refractivity contribution in [2.75, 3.05) is 17.8 Å². The van der Waals surface area contributed by atoms with Gasteiger partial charge in [-0.15, -0.1) is 0 Å². The lowest BCUT2D eigenvalue weighted by molar-refractivity contribution is -0.0586. The van der Waals surface area contributed by atoms with E-state index >= 15 is 0 Å². The van der Waals surface area contributed by atoms with Crippen LogP contribution in [0, 0.1) is 0 Å². The Morgan fingerprint density at radius 2 is 1.64 bits per heavy atom. The van der Waals surface area contributed by atoms with E-state index in [-0.39, 0.29) is 18.1 Å². The minimum Gasteiger partial charge on any atom is -0.372 e. The van der Waals surface area contributed by atoms with Crippen molar-refractivity contribution >= 4 is 27.7 Å². The van der Waals surface area contributed by atoms with E-state index in [1.165, 1.54) is 6.08 Å². The first kappa shape index (κ1) is 20.1. The van der Waals surface area contributed by atoms with Crippen molar-refractivity contribution in [1.29, 1.82) is 0 Å². The first-order valence-electron chi connectivity index (χ1n) is 9.13. The third-order valence-electron chi connectivity index (χ3n) is 4.34. The van der Waals surface area contributed by atoms with Gasteiger partial charge in [0.25, 0.3) is 15.9 Å². The smallest absolute Gasteiger partial charge is 0.255 e. The minimum atomic E-state index is -3.64. The second-order valence-corrected chi connectivity index (χ2v) is 8.47. The fourth-order valence-corrected chi connectivity index (χ4v) is 4.01. The molecule has 1 N–H and O–H groups in total. The second kappa shape index (κ2) is 8.58. The summed E-state index contributed by atoms with van der Waals surface area (Å²) in [7, 11) is -3.64. The Bertz CT molecular complexity index is 930. The number of hydrogen-bond donors (Lipinski definition) is 1. The van der Waals surface area contributed by atoms with E-state index in [2.05, 4.69) is 4.72 Å². The van der Waals surface area contributed by atoms with Crippen molar-refractivity contribution in [3.8, 4) is 0 Å². The van der Waals surface area contributed by atoms with Crippen molar-refractivity contribution in [3.63, 3.8) is 0 Å². The fourth-order valence-electron chi connectivity index (χ4n) is 3.14. The van der Waals surface area contributed by atoms with Crippen molar-refractivity contribution in [2.24, 2.45) is 0 Å². The number of amides is 1. The van der Waals surface area contributed by atoms with Gasteiger partial charge in [0, 0.05) is 24.3 Å². The van der Waals surface area contributed by atoms with Crippen LogP contribution in [0.4, 0.5) is 5.69 Å². The standard InChI is InChI=1S/C21H24N2O4S/c1-16-14-23(15-17(2)27-16)21(24)19-8-10-20(11-9-19)22-28(25,26)13-12-18-6-4-3-5-7-18/h3-13,16-17,22H,14-15H2,1-2H3/b13-12+. The molecule has 0 radical (unpaired) electrons. The van der Waals surface area contributed by atoms with Crippen LogP contribution in [0.1, 0.15) is 29.8 Å². The Morgan fingerprint density at radius 3 is 2.25 bits per heavy atom. The van der Waals surface area contributed by atoms with Gasteiger partial charge < -0.3 is 9.64 Å². The van der Waals surface area contributed by atoms with E-state index in [4.69, 9.17) is 4.74 Å². The van der Waals surface area contributed by atoms with E-state index in [1.54, 1.807) is 29.2 Å². The Kier molecular flexibility index (Phi) is 6.16. The van der Waals surface area contributed by atoms with E-state index in [0.29, 0.717) is 24.3 Å². The van der Waals surface area contributed by atoms with Crippen LogP contribution in [-0.2, 0) is 14.8 Å². The molecule has 0 saturated carbocycles. The molecule has 1 fully saturated rings. The summed E-state index contributed by atoms with van der Waals surface area (Å²) in [5.74, 6) is -0.0830. The van der Waals surface area contributed by atoms with Crippen LogP contribution in [0.25, 0.3) is 6.08 Å². The average molecular weight is 401 g/mol. The van der Waals surface area contributed by atoms with Crippen LogP contribution in [0.3, 0.4) is 0 Å². The maximum absolute atomic E-state index is 12.7. The Hall–Kier alpha value is -2.64. The highest BCUT2D eigenvalue weighted by molar-refractivity contribution is 7.95. The summed E-state index contributed by atoms with van der Waals surface area (Å²) in [6.45, 7) is 4.97. The predicted octanol–water partition coefficient (Wildman–Crippen LogP) is 3.35. The number of carbonyl (C=O) groups excluding carboxylic acids is 1. The van der Waals surface area contributed by atoms with E-state index in [1.807, 2.05) is 44.2 Å². The number of nitrogens with one attached hydrogen (secondary N) is 1. The Balaban J connectivity index is 1.65. The lowest BCUT2D eigenvalue weighted by Gasteiger charge is -2.35. The quantitative estimate of drug-likeness (QED) is 0.835. The van der Waals surface area contributed by atoms with Crippen molar-refractivity contribution in [2.45, 2.75) is 26.1 Å². The summed E-state index contributed by atoms with van der Waals surface area (Å²) >= 11 is 0. The van der Waals surface area contributed by atoms with Crippen molar-refractivity contribution in [1.82, 2.24) is 4.90 Å². The maximum Gasteiger partial charge on any atom is 0.255 e. The molecular formula is C21H24N2O4S. The first-order chi connectivity index (χ1) is 13.3. The van der Waals surface area contributed by atoms with Crippen LogP contribution in [0.2, 0.25) is 0 Å². The van der Waals surface area contributed by atoms with Gasteiger partial charge >= 0.3 is 0 Å². The number of nitrogens with zero attached hydrogens (tertiary/aromatic N) is 1. The average Bonchev–Trinajstić information content (AvgIpc) is 2.66. The molecule has 0 bridgehead atoms. The first-order valence-corrected chi connectivity index (χ1v) is 10.7. The molecule has 1 aliphatic rings. The van der Waals surface area contributed by atoms with Gasteiger partial charge in [0.05, 0.1) is 17.6 Å². The van der Waals surface area contributed by atoms with Gasteiger partial charge in [-0.05, 0) is 49.8 Å². The van der Waals surface area contributed by atoms with Crippen LogP contribution in [0.15, 0.2) is 60.0 Å². The third kappa shape index (κ3) is 5.43. The predicted molar refractivity (Wildman–Crippen MR) is 110 cm³/mol. The van der Waals surface area contributed by atoms with Crippen LogP contribution >= 0.6 is 0 Å². The number of hydrogen-bond acceptors (Lipinski definition) is 4. The van der Waals surface area contributed by atoms with Gasteiger partial charge in [0.1, 0.15) is 0 Å². The summed E-state index contributed by atoms with van der Waals surface area (Å²) in [6, 6.07) is 15.6. The zero-order chi connectivity index (χ0) is 20.1. The number of rotatable bonds is 5. The van der Waals surface area contributed by atoms with Gasteiger partial charge in [-0.1, -0.05) is 30.3 Å². The topological polar surface area (TPSA) is 75.7 Å². The summed E-state index contributed by atoms with van der Waals surface area (Å²) < 4.78 is 32.6. The number of benzene rings is 2. The normalized spacial score (nSPS) is 20.3. The molecule has 3 rings (SSSR count). The fraction of sp³-hybridized carbons (Fsp3) is 0.286. The molecule has 1 amide bonds. The molecule has 7 heteroatoms. The van der Waals surface area contributed by atoms with Crippen LogP contribution in [-0.4, -0.2) is 44.5 Å². The molecule has 1 heterocycles. The van der Waals surface area contributed by atoms with Gasteiger partial charge in [-0.2, -0.15) is 0 Å². The molecule has 1 aliphatic heterocycles. The zero-order valence-corrected chi connectivity index (χ0v) is 16.7. The lowest BCUT2D eigenvalue weighted by Crippen LogP contribution is -2.48. The molecule has 148 valence electrons. The molecule has 2 atom stereocenters. The molecule has 1 saturated heterocycles. The SMILES string of the molecule is CC1CN(C(=O)c2ccc(NS(=O)(=O)/C=C/c3ccccc3)cc2)CC(C)O1. The maximum atomic E-state index is 12.7. The van der Waals surface area contributed by atoms with Crippen molar-refractivity contribution < 1.29 is 17.9 Å². The Morgan fingerprint density at radius 1 is 1.04 bits per heavy atom. The number of carbonyl (C=O) groups is 1. The molecule has 0 spiro atoms. The molecule has 6 nitrogen and oxygen atoms in total. The molecule has 2 aromatic carbocycles.